The fraction of sp³-hybridized carbons (Fsp3) is 0.476. The van der Waals surface area contributed by atoms with E-state index in [1.165, 1.54) is 6.42 Å². The average Bonchev–Trinajstić information content (AvgIpc) is 2.62. The summed E-state index contributed by atoms with van der Waals surface area (Å²) in [5.74, 6) is 0.726. The van der Waals surface area contributed by atoms with Gasteiger partial charge in [0.2, 0.25) is 5.91 Å². The Hall–Kier alpha value is -2.27. The van der Waals surface area contributed by atoms with Crippen molar-refractivity contribution in [1.29, 1.82) is 0 Å². The van der Waals surface area contributed by atoms with E-state index in [1.807, 2.05) is 43.3 Å². The number of pyridine rings is 2. The number of rotatable bonds is 6. The Kier molecular flexibility index (Phi) is 6.34. The van der Waals surface area contributed by atoms with E-state index in [4.69, 9.17) is 0 Å². The van der Waals surface area contributed by atoms with Gasteiger partial charge in [-0.3, -0.25) is 19.7 Å². The third kappa shape index (κ3) is 5.36. The summed E-state index contributed by atoms with van der Waals surface area (Å²) >= 11 is 0. The lowest BCUT2D eigenvalue weighted by molar-refractivity contribution is -0.134. The van der Waals surface area contributed by atoms with Crippen molar-refractivity contribution in [3.63, 3.8) is 0 Å². The van der Waals surface area contributed by atoms with E-state index in [9.17, 15) is 4.79 Å². The lowest BCUT2D eigenvalue weighted by Gasteiger charge is -2.33. The zero-order valence-electron chi connectivity index (χ0n) is 15.8. The second kappa shape index (κ2) is 8.90. The summed E-state index contributed by atoms with van der Waals surface area (Å²) in [5.41, 5.74) is 3.33. The van der Waals surface area contributed by atoms with Gasteiger partial charge in [0, 0.05) is 43.4 Å². The molecule has 2 aromatic heterocycles. The molecule has 1 aliphatic rings. The highest BCUT2D eigenvalue weighted by molar-refractivity contribution is 5.78. The molecule has 1 amide bonds. The quantitative estimate of drug-likeness (QED) is 0.802. The molecule has 0 saturated carbocycles. The zero-order chi connectivity index (χ0) is 18.4. The van der Waals surface area contributed by atoms with Gasteiger partial charge in [-0.2, -0.15) is 0 Å². The molecule has 3 heterocycles. The molecule has 5 nitrogen and oxygen atoms in total. The maximum atomic E-state index is 12.7. The highest BCUT2D eigenvalue weighted by atomic mass is 16.2. The number of aromatic nitrogens is 2. The second-order valence-corrected chi connectivity index (χ2v) is 7.36. The Morgan fingerprint density at radius 2 is 2.19 bits per heavy atom. The van der Waals surface area contributed by atoms with Crippen molar-refractivity contribution in [1.82, 2.24) is 19.8 Å². The fourth-order valence-corrected chi connectivity index (χ4v) is 3.66. The predicted molar refractivity (Wildman–Crippen MR) is 103 cm³/mol. The standard InChI is InChI=1S/C21H28N4O/c1-17-6-3-9-20(23-17)12-18-8-5-11-25(15-18)21(26)16-24(2)14-19-7-4-10-22-13-19/h3-4,6-7,9-10,13,18H,5,8,11-12,14-16H2,1-2H3/t18-/m0/s1. The van der Waals surface area contributed by atoms with Gasteiger partial charge in [0.1, 0.15) is 0 Å². The number of aryl methyl sites for hydroxylation is 1. The largest absolute Gasteiger partial charge is 0.341 e. The maximum Gasteiger partial charge on any atom is 0.236 e. The highest BCUT2D eigenvalue weighted by Crippen LogP contribution is 2.20. The number of carbonyl (C=O) groups excluding carboxylic acids is 1. The summed E-state index contributed by atoms with van der Waals surface area (Å²) in [4.78, 5) is 25.5. The second-order valence-electron chi connectivity index (χ2n) is 7.36. The molecule has 1 atom stereocenters. The van der Waals surface area contributed by atoms with Gasteiger partial charge in [-0.15, -0.1) is 0 Å². The molecule has 0 bridgehead atoms. The Morgan fingerprint density at radius 3 is 2.96 bits per heavy atom. The summed E-state index contributed by atoms with van der Waals surface area (Å²) in [7, 11) is 1.99. The molecule has 5 heteroatoms. The molecule has 138 valence electrons. The van der Waals surface area contributed by atoms with Gasteiger partial charge in [0.25, 0.3) is 0 Å². The van der Waals surface area contributed by atoms with Gasteiger partial charge in [-0.1, -0.05) is 12.1 Å². The van der Waals surface area contributed by atoms with E-state index in [2.05, 4.69) is 27.0 Å². The molecule has 0 aliphatic carbocycles. The molecular weight excluding hydrogens is 324 g/mol. The number of piperidine rings is 1. The lowest BCUT2D eigenvalue weighted by atomic mass is 9.93. The molecule has 0 N–H and O–H groups in total. The summed E-state index contributed by atoms with van der Waals surface area (Å²) in [5, 5.41) is 0. The predicted octanol–water partition coefficient (Wildman–Crippen LogP) is 2.70. The Labute approximate surface area is 156 Å². The monoisotopic (exact) mass is 352 g/mol. The maximum absolute atomic E-state index is 12.7. The summed E-state index contributed by atoms with van der Waals surface area (Å²) in [6.07, 6.45) is 6.83. The van der Waals surface area contributed by atoms with E-state index in [-0.39, 0.29) is 5.91 Å². The number of hydrogen-bond donors (Lipinski definition) is 0. The van der Waals surface area contributed by atoms with Crippen molar-refractivity contribution >= 4 is 5.91 Å². The van der Waals surface area contributed by atoms with Crippen LogP contribution in [0.4, 0.5) is 0 Å². The molecule has 1 aliphatic heterocycles. The van der Waals surface area contributed by atoms with Crippen LogP contribution >= 0.6 is 0 Å². The number of likely N-dealkylation sites (N-methyl/N-ethyl adjacent to an activating group) is 1. The third-order valence-corrected chi connectivity index (χ3v) is 4.90. The van der Waals surface area contributed by atoms with Gasteiger partial charge in [0.05, 0.1) is 6.54 Å². The first-order chi connectivity index (χ1) is 12.6. The van der Waals surface area contributed by atoms with Crippen molar-refractivity contribution in [2.75, 3.05) is 26.7 Å². The lowest BCUT2D eigenvalue weighted by Crippen LogP contribution is -2.44. The average molecular weight is 352 g/mol. The van der Waals surface area contributed by atoms with Gasteiger partial charge in [-0.05, 0) is 62.9 Å². The number of likely N-dealkylation sites (tertiary alicyclic amines) is 1. The van der Waals surface area contributed by atoms with Crippen LogP contribution in [0.2, 0.25) is 0 Å². The Balaban J connectivity index is 1.51. The number of hydrogen-bond acceptors (Lipinski definition) is 4. The topological polar surface area (TPSA) is 49.3 Å². The van der Waals surface area contributed by atoms with Crippen molar-refractivity contribution < 1.29 is 4.79 Å². The van der Waals surface area contributed by atoms with Gasteiger partial charge in [0.15, 0.2) is 0 Å². The molecule has 1 fully saturated rings. The van der Waals surface area contributed by atoms with E-state index >= 15 is 0 Å². The number of carbonyl (C=O) groups is 1. The molecule has 2 aromatic rings. The van der Waals surface area contributed by atoms with Crippen LogP contribution in [0.5, 0.6) is 0 Å². The minimum Gasteiger partial charge on any atom is -0.341 e. The molecule has 26 heavy (non-hydrogen) atoms. The molecular formula is C21H28N4O. The third-order valence-electron chi connectivity index (χ3n) is 4.90. The Morgan fingerprint density at radius 1 is 1.31 bits per heavy atom. The molecule has 0 spiro atoms. The molecule has 1 saturated heterocycles. The van der Waals surface area contributed by atoms with Crippen molar-refractivity contribution in [3.05, 3.63) is 59.7 Å². The van der Waals surface area contributed by atoms with Crippen LogP contribution in [-0.2, 0) is 17.8 Å². The summed E-state index contributed by atoms with van der Waals surface area (Å²) < 4.78 is 0. The molecule has 0 radical (unpaired) electrons. The van der Waals surface area contributed by atoms with Crippen molar-refractivity contribution in [2.24, 2.45) is 5.92 Å². The van der Waals surface area contributed by atoms with Crippen LogP contribution in [0.1, 0.15) is 29.8 Å². The SMILES string of the molecule is Cc1cccc(C[C@@H]2CCCN(C(=O)CN(C)Cc3cccnc3)C2)n1. The Bertz CT molecular complexity index is 719. The molecule has 0 aromatic carbocycles. The van der Waals surface area contributed by atoms with Crippen molar-refractivity contribution in [3.8, 4) is 0 Å². The van der Waals surface area contributed by atoms with Gasteiger partial charge in [-0.25, -0.2) is 0 Å². The smallest absolute Gasteiger partial charge is 0.236 e. The summed E-state index contributed by atoms with van der Waals surface area (Å²) in [6, 6.07) is 10.2. The van der Waals surface area contributed by atoms with Crippen LogP contribution in [0, 0.1) is 12.8 Å². The van der Waals surface area contributed by atoms with Gasteiger partial charge >= 0.3 is 0 Å². The van der Waals surface area contributed by atoms with E-state index < -0.39 is 0 Å². The van der Waals surface area contributed by atoms with Crippen LogP contribution in [0.15, 0.2) is 42.7 Å². The van der Waals surface area contributed by atoms with Crippen LogP contribution in [0.3, 0.4) is 0 Å². The van der Waals surface area contributed by atoms with E-state index in [1.54, 1.807) is 6.20 Å². The van der Waals surface area contributed by atoms with E-state index in [0.717, 1.165) is 49.4 Å². The minimum absolute atomic E-state index is 0.221. The van der Waals surface area contributed by atoms with Crippen molar-refractivity contribution in [2.45, 2.75) is 32.7 Å². The first-order valence-corrected chi connectivity index (χ1v) is 9.38. The van der Waals surface area contributed by atoms with Gasteiger partial charge < -0.3 is 4.90 Å². The molecule has 0 unspecified atom stereocenters. The first kappa shape index (κ1) is 18.5. The zero-order valence-corrected chi connectivity index (χ0v) is 15.8. The number of amides is 1. The number of nitrogens with zero attached hydrogens (tertiary/aromatic N) is 4. The van der Waals surface area contributed by atoms with Crippen LogP contribution in [-0.4, -0.2) is 52.4 Å². The normalized spacial score (nSPS) is 17.5. The summed E-state index contributed by atoms with van der Waals surface area (Å²) in [6.45, 7) is 4.93. The van der Waals surface area contributed by atoms with Crippen LogP contribution in [0.25, 0.3) is 0 Å². The molecule has 3 rings (SSSR count). The minimum atomic E-state index is 0.221. The highest BCUT2D eigenvalue weighted by Gasteiger charge is 2.24. The van der Waals surface area contributed by atoms with E-state index in [0.29, 0.717) is 12.5 Å². The first-order valence-electron chi connectivity index (χ1n) is 9.38. The van der Waals surface area contributed by atoms with Crippen LogP contribution < -0.4 is 0 Å². The fourth-order valence-electron chi connectivity index (χ4n) is 3.66.